The normalized spacial score (nSPS) is 11.0. The van der Waals surface area contributed by atoms with Gasteiger partial charge in [-0.05, 0) is 32.0 Å². The minimum atomic E-state index is 0.710. The lowest BCUT2D eigenvalue weighted by Gasteiger charge is -2.00. The van der Waals surface area contributed by atoms with Crippen LogP contribution < -0.4 is 0 Å². The van der Waals surface area contributed by atoms with Gasteiger partial charge in [-0.1, -0.05) is 12.1 Å². The molecule has 0 saturated heterocycles. The third-order valence-corrected chi connectivity index (χ3v) is 3.71. The maximum atomic E-state index is 4.61. The number of thiazole rings is 1. The lowest BCUT2D eigenvalue weighted by atomic mass is 10.3. The van der Waals surface area contributed by atoms with Gasteiger partial charge in [-0.3, -0.25) is 0 Å². The van der Waals surface area contributed by atoms with E-state index in [1.807, 2.05) is 38.1 Å². The monoisotopic (exact) mass is 255 g/mol. The zero-order valence-electron chi connectivity index (χ0n) is 10.3. The molecule has 3 rings (SSSR count). The van der Waals surface area contributed by atoms with Crippen LogP contribution in [0.15, 0.2) is 30.3 Å². The van der Waals surface area contributed by atoms with Crippen molar-refractivity contribution >= 4 is 21.6 Å². The van der Waals surface area contributed by atoms with Crippen molar-refractivity contribution in [1.82, 2.24) is 15.0 Å². The third-order valence-electron chi connectivity index (χ3n) is 2.68. The molecule has 0 radical (unpaired) electrons. The van der Waals surface area contributed by atoms with Crippen LogP contribution in [0, 0.1) is 13.8 Å². The first-order valence-electron chi connectivity index (χ1n) is 5.86. The standard InChI is InChI=1S/C14H13N3S/c1-9-7-10(2)16-13(15-9)8-14-17-11-5-3-4-6-12(11)18-14/h3-7H,8H2,1-2H3. The first-order valence-corrected chi connectivity index (χ1v) is 6.68. The molecule has 0 aliphatic carbocycles. The minimum absolute atomic E-state index is 0.710. The third kappa shape index (κ3) is 2.24. The lowest BCUT2D eigenvalue weighted by Crippen LogP contribution is -1.99. The fourth-order valence-corrected chi connectivity index (χ4v) is 2.97. The molecule has 3 nitrogen and oxygen atoms in total. The Hall–Kier alpha value is -1.81. The Morgan fingerprint density at radius 2 is 1.72 bits per heavy atom. The van der Waals surface area contributed by atoms with Crippen LogP contribution in [0.4, 0.5) is 0 Å². The summed E-state index contributed by atoms with van der Waals surface area (Å²) in [5, 5.41) is 1.07. The van der Waals surface area contributed by atoms with Gasteiger partial charge in [-0.25, -0.2) is 15.0 Å². The Kier molecular flexibility index (Phi) is 2.80. The summed E-state index contributed by atoms with van der Waals surface area (Å²) in [6, 6.07) is 10.2. The smallest absolute Gasteiger partial charge is 0.135 e. The van der Waals surface area contributed by atoms with Crippen LogP contribution in [0.3, 0.4) is 0 Å². The number of hydrogen-bond donors (Lipinski definition) is 0. The van der Waals surface area contributed by atoms with Gasteiger partial charge < -0.3 is 0 Å². The molecule has 0 fully saturated rings. The highest BCUT2D eigenvalue weighted by atomic mass is 32.1. The van der Waals surface area contributed by atoms with Crippen LogP contribution in [-0.4, -0.2) is 15.0 Å². The molecule has 0 atom stereocenters. The van der Waals surface area contributed by atoms with Crippen molar-refractivity contribution in [3.63, 3.8) is 0 Å². The Morgan fingerprint density at radius 1 is 1.00 bits per heavy atom. The molecule has 0 aliphatic rings. The number of fused-ring (bicyclic) bond motifs is 1. The Balaban J connectivity index is 1.96. The topological polar surface area (TPSA) is 38.7 Å². The molecule has 0 bridgehead atoms. The molecule has 0 aliphatic heterocycles. The lowest BCUT2D eigenvalue weighted by molar-refractivity contribution is 0.914. The van der Waals surface area contributed by atoms with E-state index in [0.29, 0.717) is 6.42 Å². The van der Waals surface area contributed by atoms with E-state index in [4.69, 9.17) is 0 Å². The fraction of sp³-hybridized carbons (Fsp3) is 0.214. The SMILES string of the molecule is Cc1cc(C)nc(Cc2nc3ccccc3s2)n1. The van der Waals surface area contributed by atoms with Crippen molar-refractivity contribution in [2.45, 2.75) is 20.3 Å². The van der Waals surface area contributed by atoms with Crippen LogP contribution in [0.25, 0.3) is 10.2 Å². The first-order chi connectivity index (χ1) is 8.70. The minimum Gasteiger partial charge on any atom is -0.241 e. The number of nitrogens with zero attached hydrogens (tertiary/aromatic N) is 3. The van der Waals surface area contributed by atoms with E-state index < -0.39 is 0 Å². The summed E-state index contributed by atoms with van der Waals surface area (Å²) in [7, 11) is 0. The van der Waals surface area contributed by atoms with Gasteiger partial charge in [0.05, 0.1) is 16.6 Å². The van der Waals surface area contributed by atoms with E-state index in [9.17, 15) is 0 Å². The summed E-state index contributed by atoms with van der Waals surface area (Å²) in [5.41, 5.74) is 3.08. The van der Waals surface area contributed by atoms with E-state index >= 15 is 0 Å². The second-order valence-corrected chi connectivity index (χ2v) is 5.43. The van der Waals surface area contributed by atoms with Gasteiger partial charge in [0.25, 0.3) is 0 Å². The van der Waals surface area contributed by atoms with E-state index in [2.05, 4.69) is 21.0 Å². The Bertz CT molecular complexity index is 650. The highest BCUT2D eigenvalue weighted by Gasteiger charge is 2.07. The van der Waals surface area contributed by atoms with Crippen molar-refractivity contribution in [2.75, 3.05) is 0 Å². The molecule has 0 N–H and O–H groups in total. The van der Waals surface area contributed by atoms with Gasteiger partial charge in [0.15, 0.2) is 0 Å². The number of aryl methyl sites for hydroxylation is 2. The molecule has 90 valence electrons. The largest absolute Gasteiger partial charge is 0.241 e. The van der Waals surface area contributed by atoms with Crippen LogP contribution in [-0.2, 0) is 6.42 Å². The van der Waals surface area contributed by atoms with Crippen molar-refractivity contribution in [2.24, 2.45) is 0 Å². The first kappa shape index (κ1) is 11.3. The summed E-state index contributed by atoms with van der Waals surface area (Å²) in [6.07, 6.45) is 0.710. The van der Waals surface area contributed by atoms with E-state index in [0.717, 1.165) is 27.7 Å². The zero-order chi connectivity index (χ0) is 12.5. The summed E-state index contributed by atoms with van der Waals surface area (Å²) >= 11 is 1.71. The average molecular weight is 255 g/mol. The average Bonchev–Trinajstić information content (AvgIpc) is 2.69. The fourth-order valence-electron chi connectivity index (χ4n) is 2.01. The quantitative estimate of drug-likeness (QED) is 0.705. The number of para-hydroxylation sites is 1. The highest BCUT2D eigenvalue weighted by molar-refractivity contribution is 7.18. The predicted molar refractivity (Wildman–Crippen MR) is 73.9 cm³/mol. The van der Waals surface area contributed by atoms with Crippen molar-refractivity contribution < 1.29 is 0 Å². The molecule has 3 aromatic rings. The van der Waals surface area contributed by atoms with Gasteiger partial charge >= 0.3 is 0 Å². The van der Waals surface area contributed by atoms with Crippen LogP contribution in [0.2, 0.25) is 0 Å². The molecular weight excluding hydrogens is 242 g/mol. The molecule has 4 heteroatoms. The molecule has 2 aromatic heterocycles. The second-order valence-electron chi connectivity index (χ2n) is 4.32. The molecule has 2 heterocycles. The molecule has 1 aromatic carbocycles. The van der Waals surface area contributed by atoms with Crippen LogP contribution in [0.5, 0.6) is 0 Å². The van der Waals surface area contributed by atoms with Crippen molar-refractivity contribution in [3.8, 4) is 0 Å². The number of aromatic nitrogens is 3. The molecule has 18 heavy (non-hydrogen) atoms. The number of hydrogen-bond acceptors (Lipinski definition) is 4. The zero-order valence-corrected chi connectivity index (χ0v) is 11.2. The van der Waals surface area contributed by atoms with Gasteiger partial charge in [0, 0.05) is 11.4 Å². The summed E-state index contributed by atoms with van der Waals surface area (Å²) < 4.78 is 1.22. The molecule has 0 spiro atoms. The van der Waals surface area contributed by atoms with E-state index in [1.54, 1.807) is 11.3 Å². The molecule has 0 amide bonds. The van der Waals surface area contributed by atoms with Crippen molar-refractivity contribution in [3.05, 3.63) is 52.6 Å². The van der Waals surface area contributed by atoms with Gasteiger partial charge in [-0.15, -0.1) is 11.3 Å². The van der Waals surface area contributed by atoms with Gasteiger partial charge in [0.1, 0.15) is 10.8 Å². The highest BCUT2D eigenvalue weighted by Crippen LogP contribution is 2.22. The van der Waals surface area contributed by atoms with E-state index in [1.165, 1.54) is 4.70 Å². The van der Waals surface area contributed by atoms with Crippen molar-refractivity contribution in [1.29, 1.82) is 0 Å². The predicted octanol–water partition coefficient (Wildman–Crippen LogP) is 3.29. The van der Waals surface area contributed by atoms with Gasteiger partial charge in [0.2, 0.25) is 0 Å². The molecular formula is C14H13N3S. The number of rotatable bonds is 2. The molecule has 0 saturated carbocycles. The second kappa shape index (κ2) is 4.46. The summed E-state index contributed by atoms with van der Waals surface area (Å²) in [4.78, 5) is 13.5. The summed E-state index contributed by atoms with van der Waals surface area (Å²) in [6.45, 7) is 3.99. The van der Waals surface area contributed by atoms with Crippen LogP contribution >= 0.6 is 11.3 Å². The molecule has 0 unspecified atom stereocenters. The van der Waals surface area contributed by atoms with Crippen LogP contribution in [0.1, 0.15) is 22.2 Å². The van der Waals surface area contributed by atoms with Gasteiger partial charge in [-0.2, -0.15) is 0 Å². The van der Waals surface area contributed by atoms with E-state index in [-0.39, 0.29) is 0 Å². The Labute approximate surface area is 110 Å². The Morgan fingerprint density at radius 3 is 2.44 bits per heavy atom. The maximum Gasteiger partial charge on any atom is 0.135 e. The number of benzene rings is 1. The summed E-state index contributed by atoms with van der Waals surface area (Å²) in [5.74, 6) is 0.853. The maximum absolute atomic E-state index is 4.61.